The van der Waals surface area contributed by atoms with E-state index in [1.165, 1.54) is 257 Å². The topological polar surface area (TPSA) is 80.1 Å². The first-order valence-electron chi connectivity index (χ1n) is 37.9. The third-order valence-corrected chi connectivity index (χ3v) is 17.4. The number of nitrogens with zero attached hydrogens (tertiary/aromatic N) is 2. The smallest absolute Gasteiger partial charge is 0.161 e. The van der Waals surface area contributed by atoms with Crippen molar-refractivity contribution >= 4 is 23.8 Å². The second kappa shape index (κ2) is 56.7. The lowest BCUT2D eigenvalue weighted by Crippen LogP contribution is -2.03. The molecule has 0 radical (unpaired) electrons. The highest BCUT2D eigenvalue weighted by Gasteiger charge is 2.10. The van der Waals surface area contributed by atoms with Crippen LogP contribution in [0, 0.1) is 0 Å². The molecule has 0 amide bonds. The SMILES string of the molecule is CCCCCCCCCCCOc1ccc(C=Nc2ccc(OCCCCCCCCCCCCOc3ccc(N=Cc4ccc(OCCCCCCCCCCC)c(OCCCCCCCCCCC)c4)cc3)cc2)cc1OCCCCCCCCCCC. The van der Waals surface area contributed by atoms with Crippen LogP contribution in [-0.2, 0) is 0 Å². The number of aliphatic imine (C=N–C) groups is 2. The van der Waals surface area contributed by atoms with Crippen molar-refractivity contribution < 1.29 is 28.4 Å². The van der Waals surface area contributed by atoms with Gasteiger partial charge in [-0.3, -0.25) is 9.98 Å². The Hall–Kier alpha value is -4.98. The minimum Gasteiger partial charge on any atom is -0.494 e. The molecule has 0 N–H and O–H groups in total. The van der Waals surface area contributed by atoms with Gasteiger partial charge in [-0.15, -0.1) is 0 Å². The van der Waals surface area contributed by atoms with Gasteiger partial charge in [0, 0.05) is 12.4 Å². The summed E-state index contributed by atoms with van der Waals surface area (Å²) in [5, 5.41) is 0. The molecule has 0 fully saturated rings. The molecule has 0 spiro atoms. The quantitative estimate of drug-likeness (QED) is 0.0324. The summed E-state index contributed by atoms with van der Waals surface area (Å²) in [5.41, 5.74) is 3.84. The van der Waals surface area contributed by atoms with Crippen molar-refractivity contribution in [3.8, 4) is 34.5 Å². The van der Waals surface area contributed by atoms with E-state index >= 15 is 0 Å². The molecule has 4 aromatic rings. The van der Waals surface area contributed by atoms with Crippen LogP contribution in [0.1, 0.15) is 334 Å². The summed E-state index contributed by atoms with van der Waals surface area (Å²) >= 11 is 0. The molecular weight excluding hydrogens is 1110 g/mol. The molecule has 8 nitrogen and oxygen atoms in total. The van der Waals surface area contributed by atoms with Crippen LogP contribution < -0.4 is 28.4 Å². The molecule has 0 aliphatic carbocycles. The second-order valence-electron chi connectivity index (χ2n) is 25.9. The van der Waals surface area contributed by atoms with Crippen LogP contribution >= 0.6 is 0 Å². The predicted molar refractivity (Wildman–Crippen MR) is 388 cm³/mol. The van der Waals surface area contributed by atoms with E-state index in [1.807, 2.05) is 61.0 Å². The zero-order valence-electron chi connectivity index (χ0n) is 58.4. The van der Waals surface area contributed by atoms with Crippen LogP contribution in [0.3, 0.4) is 0 Å². The van der Waals surface area contributed by atoms with Gasteiger partial charge in [0.15, 0.2) is 23.0 Å². The van der Waals surface area contributed by atoms with Crippen LogP contribution in [0.25, 0.3) is 0 Å². The molecule has 4 aromatic carbocycles. The van der Waals surface area contributed by atoms with E-state index in [2.05, 4.69) is 64.1 Å². The van der Waals surface area contributed by atoms with Gasteiger partial charge < -0.3 is 28.4 Å². The van der Waals surface area contributed by atoms with Crippen LogP contribution in [0.5, 0.6) is 34.5 Å². The van der Waals surface area contributed by atoms with Gasteiger partial charge in [0.2, 0.25) is 0 Å². The lowest BCUT2D eigenvalue weighted by atomic mass is 10.1. The third-order valence-electron chi connectivity index (χ3n) is 17.4. The van der Waals surface area contributed by atoms with E-state index < -0.39 is 0 Å². The van der Waals surface area contributed by atoms with E-state index in [0.29, 0.717) is 13.2 Å². The Balaban J connectivity index is 1.05. The highest BCUT2D eigenvalue weighted by molar-refractivity contribution is 5.84. The number of unbranched alkanes of at least 4 members (excludes halogenated alkanes) is 41. The summed E-state index contributed by atoms with van der Waals surface area (Å²) in [7, 11) is 0. The molecule has 0 atom stereocenters. The van der Waals surface area contributed by atoms with Crippen LogP contribution in [0.4, 0.5) is 11.4 Å². The van der Waals surface area contributed by atoms with Crippen LogP contribution in [0.15, 0.2) is 94.9 Å². The molecule has 8 heteroatoms. The number of hydrogen-bond donors (Lipinski definition) is 0. The predicted octanol–water partition coefficient (Wildman–Crippen LogP) is 26.2. The van der Waals surface area contributed by atoms with Crippen molar-refractivity contribution in [3.05, 3.63) is 96.1 Å². The Morgan fingerprint density at radius 3 is 0.678 bits per heavy atom. The standard InChI is InChI=1S/C82H132N2O6/c1-5-9-13-17-21-27-35-41-47-65-87-79-61-51-73(69-81(79)89-67-49-43-37-29-23-19-15-11-7-3)71-83-75-53-57-77(58-54-75)85-63-45-39-33-31-25-26-32-34-40-46-64-86-78-59-55-76(56-60-78)84-72-74-52-62-80(88-66-48-42-36-28-22-18-14-10-6-2)82(70-74)90-68-50-44-38-30-24-20-16-12-8-4/h51-62,69-72H,5-50,63-68H2,1-4H3. The van der Waals surface area contributed by atoms with Gasteiger partial charge >= 0.3 is 0 Å². The zero-order valence-corrected chi connectivity index (χ0v) is 58.4. The molecule has 0 saturated heterocycles. The first kappa shape index (κ1) is 77.5. The fourth-order valence-corrected chi connectivity index (χ4v) is 11.6. The van der Waals surface area contributed by atoms with Gasteiger partial charge in [-0.25, -0.2) is 0 Å². The summed E-state index contributed by atoms with van der Waals surface area (Å²) in [6.45, 7) is 13.5. The first-order valence-corrected chi connectivity index (χ1v) is 37.9. The normalized spacial score (nSPS) is 11.6. The summed E-state index contributed by atoms with van der Waals surface area (Å²) in [4.78, 5) is 9.62. The van der Waals surface area contributed by atoms with Crippen molar-refractivity contribution in [2.24, 2.45) is 9.98 Å². The summed E-state index contributed by atoms with van der Waals surface area (Å²) in [6.07, 6.45) is 63.1. The molecule has 0 aliphatic heterocycles. The van der Waals surface area contributed by atoms with Gasteiger partial charge in [-0.05, 0) is 135 Å². The summed E-state index contributed by atoms with van der Waals surface area (Å²) < 4.78 is 37.7. The highest BCUT2D eigenvalue weighted by Crippen LogP contribution is 2.32. The fourth-order valence-electron chi connectivity index (χ4n) is 11.6. The molecule has 0 bridgehead atoms. The van der Waals surface area contributed by atoms with Gasteiger partial charge in [0.1, 0.15) is 11.5 Å². The zero-order chi connectivity index (χ0) is 63.5. The molecule has 0 unspecified atom stereocenters. The minimum atomic E-state index is 0.715. The Morgan fingerprint density at radius 2 is 0.433 bits per heavy atom. The Morgan fingerprint density at radius 1 is 0.222 bits per heavy atom. The summed E-state index contributed by atoms with van der Waals surface area (Å²) in [6, 6.07) is 28.8. The van der Waals surface area contributed by atoms with Gasteiger partial charge in [-0.1, -0.05) is 285 Å². The average molecular weight is 1240 g/mol. The largest absolute Gasteiger partial charge is 0.494 e. The van der Waals surface area contributed by atoms with Gasteiger partial charge in [0.25, 0.3) is 0 Å². The molecule has 0 heterocycles. The number of ether oxygens (including phenoxy) is 6. The molecular formula is C82H132N2O6. The van der Waals surface area contributed by atoms with E-state index in [0.717, 1.165) is 122 Å². The maximum Gasteiger partial charge on any atom is 0.161 e. The molecule has 0 aliphatic rings. The average Bonchev–Trinajstić information content (AvgIpc) is 2.90. The van der Waals surface area contributed by atoms with E-state index in [1.54, 1.807) is 0 Å². The fraction of sp³-hybridized carbons (Fsp3) is 0.683. The molecule has 90 heavy (non-hydrogen) atoms. The summed E-state index contributed by atoms with van der Waals surface area (Å²) in [5.74, 6) is 5.15. The maximum atomic E-state index is 6.39. The number of hydrogen-bond acceptors (Lipinski definition) is 8. The number of benzene rings is 4. The van der Waals surface area contributed by atoms with Crippen LogP contribution in [0.2, 0.25) is 0 Å². The van der Waals surface area contributed by atoms with E-state index in [4.69, 9.17) is 38.4 Å². The minimum absolute atomic E-state index is 0.715. The van der Waals surface area contributed by atoms with Crippen molar-refractivity contribution in [2.75, 3.05) is 39.6 Å². The Labute approximate surface area is 552 Å². The first-order chi connectivity index (χ1) is 44.6. The van der Waals surface area contributed by atoms with Crippen molar-refractivity contribution in [1.29, 1.82) is 0 Å². The van der Waals surface area contributed by atoms with Gasteiger partial charge in [-0.2, -0.15) is 0 Å². The lowest BCUT2D eigenvalue weighted by Gasteiger charge is -2.14. The molecule has 4 rings (SSSR count). The number of rotatable bonds is 63. The van der Waals surface area contributed by atoms with E-state index in [9.17, 15) is 0 Å². The highest BCUT2D eigenvalue weighted by atomic mass is 16.5. The molecule has 0 aromatic heterocycles. The van der Waals surface area contributed by atoms with Crippen molar-refractivity contribution in [2.45, 2.75) is 323 Å². The third kappa shape index (κ3) is 41.5. The van der Waals surface area contributed by atoms with Gasteiger partial charge in [0.05, 0.1) is 51.0 Å². The van der Waals surface area contributed by atoms with Crippen LogP contribution in [-0.4, -0.2) is 52.1 Å². The van der Waals surface area contributed by atoms with E-state index in [-0.39, 0.29) is 0 Å². The Bertz CT molecular complexity index is 2130. The molecule has 506 valence electrons. The van der Waals surface area contributed by atoms with Crippen molar-refractivity contribution in [3.63, 3.8) is 0 Å². The monoisotopic (exact) mass is 1240 g/mol. The maximum absolute atomic E-state index is 6.39. The van der Waals surface area contributed by atoms with Crippen molar-refractivity contribution in [1.82, 2.24) is 0 Å². The second-order valence-corrected chi connectivity index (χ2v) is 25.9. The lowest BCUT2D eigenvalue weighted by molar-refractivity contribution is 0.258. The molecule has 0 saturated carbocycles. The Kier molecular flexibility index (Phi) is 48.8.